The van der Waals surface area contributed by atoms with Gasteiger partial charge in [-0.1, -0.05) is 12.1 Å². The molecule has 36 heavy (non-hydrogen) atoms. The Kier molecular flexibility index (Phi) is 7.18. The first-order valence-corrected chi connectivity index (χ1v) is 12.8. The van der Waals surface area contributed by atoms with Crippen LogP contribution >= 0.6 is 0 Å². The van der Waals surface area contributed by atoms with E-state index in [9.17, 15) is 9.59 Å². The van der Waals surface area contributed by atoms with E-state index in [1.165, 1.54) is 36.4 Å². The van der Waals surface area contributed by atoms with E-state index in [-0.39, 0.29) is 24.5 Å². The van der Waals surface area contributed by atoms with Crippen molar-refractivity contribution in [1.29, 1.82) is 0 Å². The average Bonchev–Trinajstić information content (AvgIpc) is 3.57. The van der Waals surface area contributed by atoms with Gasteiger partial charge < -0.3 is 14.5 Å². The normalized spacial score (nSPS) is 18.5. The molecule has 4 heterocycles. The van der Waals surface area contributed by atoms with E-state index in [1.54, 1.807) is 31.0 Å². The van der Waals surface area contributed by atoms with Gasteiger partial charge >= 0.3 is 0 Å². The molecule has 3 aromatic rings. The van der Waals surface area contributed by atoms with Gasteiger partial charge in [-0.25, -0.2) is 9.50 Å². The van der Waals surface area contributed by atoms with Crippen LogP contribution in [0.25, 0.3) is 5.65 Å². The summed E-state index contributed by atoms with van der Waals surface area (Å²) in [4.78, 5) is 36.1. The number of amides is 2. The quantitative estimate of drug-likeness (QED) is 0.506. The Hall–Kier alpha value is -3.46. The van der Waals surface area contributed by atoms with E-state index < -0.39 is 0 Å². The van der Waals surface area contributed by atoms with Crippen molar-refractivity contribution in [3.05, 3.63) is 59.5 Å². The number of likely N-dealkylation sites (tertiary alicyclic amines) is 2. The van der Waals surface area contributed by atoms with Gasteiger partial charge in [-0.2, -0.15) is 5.10 Å². The molecule has 0 saturated carbocycles. The minimum Gasteiger partial charge on any atom is -0.484 e. The second-order valence-electron chi connectivity index (χ2n) is 9.88. The van der Waals surface area contributed by atoms with Crippen molar-refractivity contribution in [2.45, 2.75) is 44.7 Å². The van der Waals surface area contributed by atoms with Crippen LogP contribution in [0.1, 0.15) is 59.8 Å². The monoisotopic (exact) mass is 490 g/mol. The number of benzene rings is 1. The number of ether oxygens (including phenoxy) is 1. The zero-order chi connectivity index (χ0) is 25.1. The molecule has 2 aliphatic heterocycles. The number of fused-ring (bicyclic) bond motifs is 1. The van der Waals surface area contributed by atoms with Gasteiger partial charge in [0.1, 0.15) is 11.3 Å². The number of aromatic nitrogens is 3. The fourth-order valence-corrected chi connectivity index (χ4v) is 5.21. The van der Waals surface area contributed by atoms with Gasteiger partial charge in [0.15, 0.2) is 12.3 Å². The summed E-state index contributed by atoms with van der Waals surface area (Å²) >= 11 is 0. The van der Waals surface area contributed by atoms with Crippen LogP contribution in [0.5, 0.6) is 5.75 Å². The second-order valence-corrected chi connectivity index (χ2v) is 9.88. The number of carbonyl (C=O) groups excluding carboxylic acids is 2. The summed E-state index contributed by atoms with van der Waals surface area (Å²) in [6, 6.07) is 9.81. The van der Waals surface area contributed by atoms with E-state index in [4.69, 9.17) is 4.74 Å². The predicted octanol–water partition coefficient (Wildman–Crippen LogP) is 3.16. The smallest absolute Gasteiger partial charge is 0.261 e. The summed E-state index contributed by atoms with van der Waals surface area (Å²) < 4.78 is 7.59. The van der Waals surface area contributed by atoms with Crippen LogP contribution < -0.4 is 4.74 Å². The van der Waals surface area contributed by atoms with Crippen LogP contribution in [0.2, 0.25) is 0 Å². The molecule has 0 spiro atoms. The highest BCUT2D eigenvalue weighted by atomic mass is 16.5. The second kappa shape index (κ2) is 10.7. The molecule has 5 rings (SSSR count). The molecule has 9 heteroatoms. The Morgan fingerprint density at radius 1 is 1.03 bits per heavy atom. The van der Waals surface area contributed by atoms with Crippen LogP contribution in [0.15, 0.2) is 42.7 Å². The molecule has 2 amide bonds. The molecule has 0 N–H and O–H groups in total. The van der Waals surface area contributed by atoms with Crippen molar-refractivity contribution in [3.63, 3.8) is 0 Å². The van der Waals surface area contributed by atoms with Gasteiger partial charge in [-0.15, -0.1) is 0 Å². The summed E-state index contributed by atoms with van der Waals surface area (Å²) in [5.74, 6) is 0.501. The molecule has 0 unspecified atom stereocenters. The number of hydrogen-bond acceptors (Lipinski definition) is 6. The molecular weight excluding hydrogens is 456 g/mol. The minimum absolute atomic E-state index is 0.0142. The lowest BCUT2D eigenvalue weighted by molar-refractivity contribution is -0.137. The Bertz CT molecular complexity index is 1220. The number of nitrogens with zero attached hydrogens (tertiary/aromatic N) is 6. The van der Waals surface area contributed by atoms with Crippen LogP contribution in [-0.2, 0) is 11.3 Å². The number of carbonyl (C=O) groups is 2. The molecule has 0 bridgehead atoms. The first-order valence-electron chi connectivity index (χ1n) is 12.8. The maximum absolute atomic E-state index is 13.3. The topological polar surface area (TPSA) is 83.3 Å². The lowest BCUT2D eigenvalue weighted by Gasteiger charge is -2.35. The van der Waals surface area contributed by atoms with E-state index >= 15 is 0 Å². The highest BCUT2D eigenvalue weighted by Crippen LogP contribution is 2.31. The minimum atomic E-state index is -0.148. The van der Waals surface area contributed by atoms with Crippen LogP contribution in [0, 0.1) is 0 Å². The molecule has 2 saturated heterocycles. The Morgan fingerprint density at radius 2 is 1.78 bits per heavy atom. The van der Waals surface area contributed by atoms with Crippen molar-refractivity contribution >= 4 is 17.5 Å². The Balaban J connectivity index is 1.28. The molecule has 0 aliphatic carbocycles. The van der Waals surface area contributed by atoms with Gasteiger partial charge in [0, 0.05) is 33.4 Å². The highest BCUT2D eigenvalue weighted by molar-refractivity contribution is 5.99. The maximum atomic E-state index is 13.3. The van der Waals surface area contributed by atoms with E-state index in [2.05, 4.69) is 27.1 Å². The van der Waals surface area contributed by atoms with Crippen molar-refractivity contribution in [2.24, 2.45) is 0 Å². The Labute approximate surface area is 211 Å². The molecule has 1 aromatic carbocycles. The third-order valence-electron chi connectivity index (χ3n) is 7.12. The van der Waals surface area contributed by atoms with Crippen molar-refractivity contribution in [2.75, 3.05) is 40.3 Å². The standard InChI is InChI=1S/C27H34N6O3/c1-30(2)27(35)22-17-29-33-24(12-13-28-26(22)33)23-7-3-4-16-32(23)25(34)19-36-21-10-8-20(9-11-21)18-31-14-5-6-15-31/h8-13,17,23H,3-7,14-16,18-19H2,1-2H3/t23-/m0/s1. The summed E-state index contributed by atoms with van der Waals surface area (Å²) in [6.45, 7) is 3.94. The largest absolute Gasteiger partial charge is 0.484 e. The first kappa shape index (κ1) is 24.2. The highest BCUT2D eigenvalue weighted by Gasteiger charge is 2.31. The molecule has 9 nitrogen and oxygen atoms in total. The summed E-state index contributed by atoms with van der Waals surface area (Å²) in [5.41, 5.74) is 3.08. The zero-order valence-corrected chi connectivity index (χ0v) is 21.1. The summed E-state index contributed by atoms with van der Waals surface area (Å²) in [6.07, 6.45) is 8.60. The molecular formula is C27H34N6O3. The maximum Gasteiger partial charge on any atom is 0.261 e. The predicted molar refractivity (Wildman–Crippen MR) is 136 cm³/mol. The van der Waals surface area contributed by atoms with Gasteiger partial charge in [0.05, 0.1) is 17.9 Å². The number of hydrogen-bond donors (Lipinski definition) is 0. The summed E-state index contributed by atoms with van der Waals surface area (Å²) in [7, 11) is 3.41. The molecule has 2 aromatic heterocycles. The molecule has 2 aliphatic rings. The van der Waals surface area contributed by atoms with E-state index in [1.807, 2.05) is 23.1 Å². The summed E-state index contributed by atoms with van der Waals surface area (Å²) in [5, 5.41) is 4.46. The van der Waals surface area contributed by atoms with Gasteiger partial charge in [-0.05, 0) is 69.0 Å². The molecule has 0 radical (unpaired) electrons. The van der Waals surface area contributed by atoms with Gasteiger partial charge in [0.2, 0.25) is 0 Å². The van der Waals surface area contributed by atoms with Crippen molar-refractivity contribution in [1.82, 2.24) is 29.3 Å². The Morgan fingerprint density at radius 3 is 2.53 bits per heavy atom. The molecule has 190 valence electrons. The van der Waals surface area contributed by atoms with Gasteiger partial charge in [0.25, 0.3) is 11.8 Å². The lowest BCUT2D eigenvalue weighted by atomic mass is 9.99. The number of piperidine rings is 1. The average molecular weight is 491 g/mol. The third kappa shape index (κ3) is 5.06. The fourth-order valence-electron chi connectivity index (χ4n) is 5.21. The van der Waals surface area contributed by atoms with Crippen LogP contribution in [0.3, 0.4) is 0 Å². The zero-order valence-electron chi connectivity index (χ0n) is 21.1. The fraction of sp³-hybridized carbons (Fsp3) is 0.481. The van der Waals surface area contributed by atoms with Gasteiger partial charge in [-0.3, -0.25) is 14.5 Å². The molecule has 2 fully saturated rings. The third-order valence-corrected chi connectivity index (χ3v) is 7.12. The first-order chi connectivity index (χ1) is 17.5. The van der Waals surface area contributed by atoms with E-state index in [0.717, 1.165) is 31.5 Å². The van der Waals surface area contributed by atoms with Crippen LogP contribution in [0.4, 0.5) is 0 Å². The number of rotatable bonds is 7. The van der Waals surface area contributed by atoms with Crippen LogP contribution in [-0.4, -0.2) is 81.4 Å². The van der Waals surface area contributed by atoms with Crippen molar-refractivity contribution < 1.29 is 14.3 Å². The van der Waals surface area contributed by atoms with E-state index in [0.29, 0.717) is 23.5 Å². The molecule has 1 atom stereocenters. The SMILES string of the molecule is CN(C)C(=O)c1cnn2c([C@@H]3CCCCN3C(=O)COc3ccc(CN4CCCC4)cc3)ccnc12. The van der Waals surface area contributed by atoms with Crippen molar-refractivity contribution in [3.8, 4) is 5.75 Å². The lowest BCUT2D eigenvalue weighted by Crippen LogP contribution is -2.41.